The van der Waals surface area contributed by atoms with E-state index in [9.17, 15) is 4.79 Å². The van der Waals surface area contributed by atoms with Crippen LogP contribution >= 0.6 is 0 Å². The molecule has 1 aliphatic rings. The van der Waals surface area contributed by atoms with Crippen molar-refractivity contribution in [1.82, 2.24) is 0 Å². The van der Waals surface area contributed by atoms with Gasteiger partial charge >= 0.3 is 5.97 Å². The highest BCUT2D eigenvalue weighted by Gasteiger charge is 2.35. The molecule has 0 saturated carbocycles. The number of carbonyl (C=O) groups is 1. The van der Waals surface area contributed by atoms with Crippen molar-refractivity contribution in [2.75, 3.05) is 18.0 Å². The van der Waals surface area contributed by atoms with Gasteiger partial charge in [0.15, 0.2) is 0 Å². The maximum atomic E-state index is 11.0. The number of carboxylic acids is 1. The molecule has 2 rings (SSSR count). The quantitative estimate of drug-likeness (QED) is 0.872. The van der Waals surface area contributed by atoms with Crippen LogP contribution in [-0.4, -0.2) is 24.2 Å². The van der Waals surface area contributed by atoms with E-state index < -0.39 is 5.97 Å². The Kier molecular flexibility index (Phi) is 3.09. The summed E-state index contributed by atoms with van der Waals surface area (Å²) < 4.78 is 0. The molecule has 3 heteroatoms. The van der Waals surface area contributed by atoms with Crippen LogP contribution in [0.25, 0.3) is 0 Å². The summed E-state index contributed by atoms with van der Waals surface area (Å²) in [5.74, 6) is -0.132. The molecule has 18 heavy (non-hydrogen) atoms. The van der Waals surface area contributed by atoms with Crippen LogP contribution in [0.1, 0.15) is 36.7 Å². The molecule has 1 aromatic rings. The number of aromatic carboxylic acids is 1. The second-order valence-corrected chi connectivity index (χ2v) is 6.27. The third-order valence-electron chi connectivity index (χ3n) is 3.91. The van der Waals surface area contributed by atoms with Crippen LogP contribution in [0.2, 0.25) is 0 Å². The van der Waals surface area contributed by atoms with Crippen molar-refractivity contribution < 1.29 is 9.90 Å². The Morgan fingerprint density at radius 3 is 2.39 bits per heavy atom. The Morgan fingerprint density at radius 1 is 1.33 bits per heavy atom. The van der Waals surface area contributed by atoms with Crippen LogP contribution in [0.5, 0.6) is 0 Å². The Bertz CT molecular complexity index is 468. The normalized spacial score (nSPS) is 16.6. The van der Waals surface area contributed by atoms with E-state index in [0.29, 0.717) is 11.0 Å². The van der Waals surface area contributed by atoms with Crippen LogP contribution in [0.15, 0.2) is 18.2 Å². The minimum Gasteiger partial charge on any atom is -0.478 e. The lowest BCUT2D eigenvalue weighted by Crippen LogP contribution is -2.52. The van der Waals surface area contributed by atoms with Gasteiger partial charge in [-0.05, 0) is 42.0 Å². The second-order valence-electron chi connectivity index (χ2n) is 6.27. The maximum Gasteiger partial charge on any atom is 0.335 e. The van der Waals surface area contributed by atoms with Gasteiger partial charge in [-0.2, -0.15) is 0 Å². The van der Waals surface area contributed by atoms with Gasteiger partial charge in [-0.1, -0.05) is 20.8 Å². The number of hydrogen-bond acceptors (Lipinski definition) is 2. The van der Waals surface area contributed by atoms with Crippen molar-refractivity contribution in [3.8, 4) is 0 Å². The number of hydrogen-bond donors (Lipinski definition) is 1. The first-order valence-electron chi connectivity index (χ1n) is 6.38. The van der Waals surface area contributed by atoms with E-state index in [2.05, 4.69) is 25.7 Å². The Balaban J connectivity index is 2.09. The van der Waals surface area contributed by atoms with Gasteiger partial charge in [0.25, 0.3) is 0 Å². The summed E-state index contributed by atoms with van der Waals surface area (Å²) in [6.45, 7) is 10.8. The van der Waals surface area contributed by atoms with Crippen molar-refractivity contribution in [3.05, 3.63) is 29.3 Å². The van der Waals surface area contributed by atoms with Crippen molar-refractivity contribution >= 4 is 11.7 Å². The van der Waals surface area contributed by atoms with E-state index >= 15 is 0 Å². The monoisotopic (exact) mass is 247 g/mol. The van der Waals surface area contributed by atoms with Gasteiger partial charge in [-0.15, -0.1) is 0 Å². The summed E-state index contributed by atoms with van der Waals surface area (Å²) in [5, 5.41) is 9.00. The third kappa shape index (κ3) is 2.35. The van der Waals surface area contributed by atoms with Crippen molar-refractivity contribution in [1.29, 1.82) is 0 Å². The van der Waals surface area contributed by atoms with Crippen LogP contribution in [0.3, 0.4) is 0 Å². The summed E-state index contributed by atoms with van der Waals surface area (Å²) in [6, 6.07) is 5.59. The Morgan fingerprint density at radius 2 is 1.94 bits per heavy atom. The van der Waals surface area contributed by atoms with E-state index in [1.54, 1.807) is 6.07 Å². The van der Waals surface area contributed by atoms with Crippen LogP contribution in [0, 0.1) is 18.3 Å². The van der Waals surface area contributed by atoms with E-state index in [1.807, 2.05) is 19.1 Å². The maximum absolute atomic E-state index is 11.0. The first-order valence-corrected chi connectivity index (χ1v) is 6.38. The molecule has 1 heterocycles. The molecule has 1 aliphatic heterocycles. The zero-order valence-corrected chi connectivity index (χ0v) is 11.5. The molecule has 98 valence electrons. The van der Waals surface area contributed by atoms with Gasteiger partial charge < -0.3 is 10.0 Å². The largest absolute Gasteiger partial charge is 0.478 e. The molecule has 0 aliphatic carbocycles. The molecule has 0 aromatic heterocycles. The molecule has 0 atom stereocenters. The third-order valence-corrected chi connectivity index (χ3v) is 3.91. The first kappa shape index (κ1) is 12.9. The van der Waals surface area contributed by atoms with Gasteiger partial charge in [0, 0.05) is 18.8 Å². The minimum atomic E-state index is -0.852. The fourth-order valence-corrected chi connectivity index (χ4v) is 2.32. The van der Waals surface area contributed by atoms with Gasteiger partial charge in [0.1, 0.15) is 0 Å². The number of carboxylic acid groups (broad SMARTS) is 1. The molecule has 0 spiro atoms. The van der Waals surface area contributed by atoms with Gasteiger partial charge in [0.2, 0.25) is 0 Å². The number of benzene rings is 1. The minimum absolute atomic E-state index is 0.354. The number of anilines is 1. The number of rotatable bonds is 2. The summed E-state index contributed by atoms with van der Waals surface area (Å²) in [7, 11) is 0. The highest BCUT2D eigenvalue weighted by atomic mass is 16.4. The predicted octanol–water partition coefficient (Wildman–Crippen LogP) is 3.18. The molecule has 1 saturated heterocycles. The summed E-state index contributed by atoms with van der Waals surface area (Å²) in [4.78, 5) is 13.3. The molecule has 3 nitrogen and oxygen atoms in total. The van der Waals surface area contributed by atoms with Gasteiger partial charge in [-0.3, -0.25) is 0 Å². The molecule has 1 aromatic carbocycles. The summed E-state index contributed by atoms with van der Waals surface area (Å²) in [5.41, 5.74) is 2.72. The van der Waals surface area contributed by atoms with Crippen molar-refractivity contribution in [3.63, 3.8) is 0 Å². The average Bonchev–Trinajstić information content (AvgIpc) is 2.11. The lowest BCUT2D eigenvalue weighted by atomic mass is 9.76. The van der Waals surface area contributed by atoms with Crippen molar-refractivity contribution in [2.24, 2.45) is 11.3 Å². The fourth-order valence-electron chi connectivity index (χ4n) is 2.32. The lowest BCUT2D eigenvalue weighted by molar-refractivity contribution is 0.0696. The SMILES string of the molecule is Cc1cc(N2CC(C(C)(C)C)C2)ccc1C(=O)O. The van der Waals surface area contributed by atoms with E-state index in [-0.39, 0.29) is 0 Å². The van der Waals surface area contributed by atoms with Gasteiger partial charge in [0.05, 0.1) is 5.56 Å². The number of aryl methyl sites for hydroxylation is 1. The lowest BCUT2D eigenvalue weighted by Gasteiger charge is -2.47. The predicted molar refractivity (Wildman–Crippen MR) is 73.3 cm³/mol. The van der Waals surface area contributed by atoms with E-state index in [4.69, 9.17) is 5.11 Å². The molecule has 0 amide bonds. The fraction of sp³-hybridized carbons (Fsp3) is 0.533. The molecule has 1 fully saturated rings. The number of nitrogens with zero attached hydrogens (tertiary/aromatic N) is 1. The Labute approximate surface area is 108 Å². The smallest absolute Gasteiger partial charge is 0.335 e. The van der Waals surface area contributed by atoms with Crippen molar-refractivity contribution in [2.45, 2.75) is 27.7 Å². The standard InChI is InChI=1S/C15H21NO2/c1-10-7-12(5-6-13(10)14(17)18)16-8-11(9-16)15(2,3)4/h5-7,11H,8-9H2,1-4H3,(H,17,18). The van der Waals surface area contributed by atoms with Gasteiger partial charge in [-0.25, -0.2) is 4.79 Å². The van der Waals surface area contributed by atoms with E-state index in [1.165, 1.54) is 0 Å². The van der Waals surface area contributed by atoms with Crippen LogP contribution in [0.4, 0.5) is 5.69 Å². The second kappa shape index (κ2) is 4.30. The topological polar surface area (TPSA) is 40.5 Å². The molecule has 0 unspecified atom stereocenters. The first-order chi connectivity index (χ1) is 8.29. The summed E-state index contributed by atoms with van der Waals surface area (Å²) >= 11 is 0. The molecule has 0 radical (unpaired) electrons. The van der Waals surface area contributed by atoms with E-state index in [0.717, 1.165) is 30.3 Å². The molecule has 0 bridgehead atoms. The highest BCUT2D eigenvalue weighted by molar-refractivity contribution is 5.89. The molecular formula is C15H21NO2. The zero-order chi connectivity index (χ0) is 13.5. The average molecular weight is 247 g/mol. The highest BCUT2D eigenvalue weighted by Crippen LogP contribution is 2.36. The van der Waals surface area contributed by atoms with Crippen LogP contribution in [-0.2, 0) is 0 Å². The zero-order valence-electron chi connectivity index (χ0n) is 11.5. The molecule has 1 N–H and O–H groups in total. The summed E-state index contributed by atoms with van der Waals surface area (Å²) in [6.07, 6.45) is 0. The van der Waals surface area contributed by atoms with Crippen LogP contribution < -0.4 is 4.90 Å². The molecular weight excluding hydrogens is 226 g/mol. The Hall–Kier alpha value is -1.51.